The van der Waals surface area contributed by atoms with E-state index < -0.39 is 0 Å². The molecule has 3 fully saturated rings. The second kappa shape index (κ2) is 6.00. The van der Waals surface area contributed by atoms with Gasteiger partial charge in [0, 0.05) is 25.7 Å². The van der Waals surface area contributed by atoms with Gasteiger partial charge in [0.05, 0.1) is 25.2 Å². The van der Waals surface area contributed by atoms with Gasteiger partial charge in [0.2, 0.25) is 0 Å². The third-order valence-corrected chi connectivity index (χ3v) is 5.11. The summed E-state index contributed by atoms with van der Waals surface area (Å²) in [5, 5.41) is 0. The molecule has 5 nitrogen and oxygen atoms in total. The first-order chi connectivity index (χ1) is 9.72. The number of ether oxygens (including phenoxy) is 3. The predicted molar refractivity (Wildman–Crippen MR) is 73.5 cm³/mol. The fraction of sp³-hybridized carbons (Fsp3) is 0.933. The molecule has 20 heavy (non-hydrogen) atoms. The van der Waals surface area contributed by atoms with Crippen molar-refractivity contribution >= 4 is 5.97 Å². The van der Waals surface area contributed by atoms with Crippen LogP contribution < -0.4 is 0 Å². The summed E-state index contributed by atoms with van der Waals surface area (Å²) in [6.07, 6.45) is 5.06. The number of rotatable bonds is 2. The van der Waals surface area contributed by atoms with Crippen LogP contribution in [0.4, 0.5) is 0 Å². The molecule has 3 aliphatic heterocycles. The minimum absolute atomic E-state index is 0.0257. The summed E-state index contributed by atoms with van der Waals surface area (Å²) in [4.78, 5) is 14.1. The van der Waals surface area contributed by atoms with E-state index in [1.165, 1.54) is 7.11 Å². The van der Waals surface area contributed by atoms with Crippen LogP contribution in [0.25, 0.3) is 0 Å². The zero-order chi connectivity index (χ0) is 14.0. The first-order valence-corrected chi connectivity index (χ1v) is 7.76. The largest absolute Gasteiger partial charge is 0.469 e. The second-order valence-corrected chi connectivity index (χ2v) is 6.31. The van der Waals surface area contributed by atoms with E-state index in [9.17, 15) is 4.79 Å². The van der Waals surface area contributed by atoms with E-state index >= 15 is 0 Å². The summed E-state index contributed by atoms with van der Waals surface area (Å²) >= 11 is 0. The molecule has 3 aliphatic rings. The molecule has 2 atom stereocenters. The molecule has 0 amide bonds. The fourth-order valence-corrected chi connectivity index (χ4v) is 3.84. The van der Waals surface area contributed by atoms with Gasteiger partial charge in [-0.2, -0.15) is 0 Å². The molecule has 0 bridgehead atoms. The van der Waals surface area contributed by atoms with Gasteiger partial charge < -0.3 is 19.1 Å². The monoisotopic (exact) mass is 283 g/mol. The minimum Gasteiger partial charge on any atom is -0.469 e. The Kier molecular flexibility index (Phi) is 4.29. The average molecular weight is 283 g/mol. The van der Waals surface area contributed by atoms with Crippen LogP contribution in [0.2, 0.25) is 0 Å². The van der Waals surface area contributed by atoms with Crippen LogP contribution in [0, 0.1) is 5.92 Å². The third-order valence-electron chi connectivity index (χ3n) is 5.11. The highest BCUT2D eigenvalue weighted by molar-refractivity contribution is 5.72. The van der Waals surface area contributed by atoms with Crippen LogP contribution in [0.3, 0.4) is 0 Å². The molecular formula is C15H25NO4. The molecule has 0 aromatic heterocycles. The summed E-state index contributed by atoms with van der Waals surface area (Å²) in [6, 6.07) is 0.587. The van der Waals surface area contributed by atoms with Crippen molar-refractivity contribution in [2.24, 2.45) is 5.92 Å². The van der Waals surface area contributed by atoms with Gasteiger partial charge in [-0.3, -0.25) is 4.79 Å². The molecule has 0 saturated carbocycles. The Morgan fingerprint density at radius 3 is 2.70 bits per heavy atom. The van der Waals surface area contributed by atoms with Crippen LogP contribution in [-0.4, -0.2) is 62.5 Å². The molecule has 114 valence electrons. The normalized spacial score (nSPS) is 36.4. The number of methoxy groups -OCH3 is 1. The highest BCUT2D eigenvalue weighted by atomic mass is 16.6. The van der Waals surface area contributed by atoms with Gasteiger partial charge in [0.1, 0.15) is 0 Å². The predicted octanol–water partition coefficient (Wildman–Crippen LogP) is 1.21. The lowest BCUT2D eigenvalue weighted by Crippen LogP contribution is -2.51. The summed E-state index contributed by atoms with van der Waals surface area (Å²) in [7, 11) is 1.48. The summed E-state index contributed by atoms with van der Waals surface area (Å²) < 4.78 is 16.4. The maximum atomic E-state index is 11.6. The Bertz CT molecular complexity index is 346. The Balaban J connectivity index is 1.54. The third kappa shape index (κ3) is 2.85. The lowest BCUT2D eigenvalue weighted by atomic mass is 9.87. The van der Waals surface area contributed by atoms with Gasteiger partial charge in [-0.05, 0) is 38.8 Å². The van der Waals surface area contributed by atoms with Crippen molar-refractivity contribution in [3.8, 4) is 0 Å². The van der Waals surface area contributed by atoms with E-state index in [1.807, 2.05) is 0 Å². The smallest absolute Gasteiger partial charge is 0.308 e. The zero-order valence-corrected chi connectivity index (χ0v) is 12.3. The van der Waals surface area contributed by atoms with Gasteiger partial charge in [-0.25, -0.2) is 0 Å². The summed E-state index contributed by atoms with van der Waals surface area (Å²) in [5.41, 5.74) is -0.0257. The second-order valence-electron chi connectivity index (χ2n) is 6.31. The van der Waals surface area contributed by atoms with E-state index in [2.05, 4.69) is 4.90 Å². The van der Waals surface area contributed by atoms with E-state index in [4.69, 9.17) is 14.2 Å². The van der Waals surface area contributed by atoms with Crippen molar-refractivity contribution in [1.82, 2.24) is 4.90 Å². The Morgan fingerprint density at radius 1 is 1.25 bits per heavy atom. The molecule has 3 heterocycles. The molecule has 0 N–H and O–H groups in total. The zero-order valence-electron chi connectivity index (χ0n) is 12.3. The quantitative estimate of drug-likeness (QED) is 0.713. The van der Waals surface area contributed by atoms with Crippen LogP contribution in [0.15, 0.2) is 0 Å². The summed E-state index contributed by atoms with van der Waals surface area (Å²) in [6.45, 7) is 4.42. The first-order valence-electron chi connectivity index (χ1n) is 7.76. The number of carbonyl (C=O) groups is 1. The van der Waals surface area contributed by atoms with Crippen LogP contribution in [-0.2, 0) is 19.0 Å². The van der Waals surface area contributed by atoms with Gasteiger partial charge in [0.15, 0.2) is 0 Å². The highest BCUT2D eigenvalue weighted by Gasteiger charge is 2.43. The molecular weight excluding hydrogens is 258 g/mol. The van der Waals surface area contributed by atoms with E-state index in [1.54, 1.807) is 0 Å². The van der Waals surface area contributed by atoms with Crippen molar-refractivity contribution in [3.05, 3.63) is 0 Å². The molecule has 3 saturated heterocycles. The number of hydrogen-bond donors (Lipinski definition) is 0. The average Bonchev–Trinajstić information content (AvgIpc) is 2.94. The Hall–Kier alpha value is -0.650. The minimum atomic E-state index is -0.0442. The number of piperidine rings is 1. The number of esters is 1. The van der Waals surface area contributed by atoms with Crippen LogP contribution in [0.5, 0.6) is 0 Å². The van der Waals surface area contributed by atoms with Crippen molar-refractivity contribution < 1.29 is 19.0 Å². The van der Waals surface area contributed by atoms with E-state index in [-0.39, 0.29) is 17.5 Å². The standard InChI is InChI=1S/C15H25NO4/c1-18-14(17)12-2-6-16(7-3-12)13-4-8-20-15(10-13)5-9-19-11-15/h12-13H,2-11H2,1H3. The van der Waals surface area contributed by atoms with Crippen molar-refractivity contribution in [2.75, 3.05) is 40.0 Å². The number of nitrogens with zero attached hydrogens (tertiary/aromatic N) is 1. The summed E-state index contributed by atoms with van der Waals surface area (Å²) in [5.74, 6) is 0.0529. The fourth-order valence-electron chi connectivity index (χ4n) is 3.84. The van der Waals surface area contributed by atoms with E-state index in [0.29, 0.717) is 6.04 Å². The Morgan fingerprint density at radius 2 is 2.05 bits per heavy atom. The molecule has 0 aliphatic carbocycles. The van der Waals surface area contributed by atoms with Crippen molar-refractivity contribution in [1.29, 1.82) is 0 Å². The van der Waals surface area contributed by atoms with Gasteiger partial charge in [0.25, 0.3) is 0 Å². The molecule has 5 heteroatoms. The molecule has 0 aromatic rings. The molecule has 2 unspecified atom stereocenters. The lowest BCUT2D eigenvalue weighted by molar-refractivity contribution is -0.148. The topological polar surface area (TPSA) is 48.0 Å². The maximum Gasteiger partial charge on any atom is 0.308 e. The Labute approximate surface area is 120 Å². The number of hydrogen-bond acceptors (Lipinski definition) is 5. The molecule has 1 spiro atoms. The van der Waals surface area contributed by atoms with E-state index in [0.717, 1.165) is 65.0 Å². The number of likely N-dealkylation sites (tertiary alicyclic amines) is 1. The maximum absolute atomic E-state index is 11.6. The highest BCUT2D eigenvalue weighted by Crippen LogP contribution is 2.36. The first kappa shape index (κ1) is 14.3. The van der Waals surface area contributed by atoms with Gasteiger partial charge in [-0.15, -0.1) is 0 Å². The van der Waals surface area contributed by atoms with Crippen molar-refractivity contribution in [3.63, 3.8) is 0 Å². The van der Waals surface area contributed by atoms with Crippen molar-refractivity contribution in [2.45, 2.75) is 43.7 Å². The van der Waals surface area contributed by atoms with Crippen LogP contribution >= 0.6 is 0 Å². The van der Waals surface area contributed by atoms with Gasteiger partial charge >= 0.3 is 5.97 Å². The van der Waals surface area contributed by atoms with Crippen LogP contribution in [0.1, 0.15) is 32.1 Å². The number of carbonyl (C=O) groups excluding carboxylic acids is 1. The molecule has 0 aromatic carbocycles. The molecule has 0 radical (unpaired) electrons. The SMILES string of the molecule is COC(=O)C1CCN(C2CCOC3(CCOC3)C2)CC1. The van der Waals surface area contributed by atoms with Gasteiger partial charge in [-0.1, -0.05) is 0 Å². The molecule has 3 rings (SSSR count). The lowest BCUT2D eigenvalue weighted by Gasteiger charge is -2.44.